The smallest absolute Gasteiger partial charge is 0.0685 e. The molecule has 0 bridgehead atoms. The molecular weight excluding hydrogens is 188 g/mol. The van der Waals surface area contributed by atoms with Crippen molar-refractivity contribution in [1.82, 2.24) is 20.0 Å². The molecule has 0 amide bonds. The number of aromatic nitrogens is 4. The van der Waals surface area contributed by atoms with Crippen LogP contribution in [0.5, 0.6) is 0 Å². The van der Waals surface area contributed by atoms with Gasteiger partial charge in [-0.3, -0.25) is 9.78 Å². The summed E-state index contributed by atoms with van der Waals surface area (Å²) >= 11 is 0. The number of hydrogen-bond donors (Lipinski definition) is 1. The average Bonchev–Trinajstić information content (AvgIpc) is 2.88. The molecule has 15 heavy (non-hydrogen) atoms. The van der Waals surface area contributed by atoms with E-state index in [9.17, 15) is 0 Å². The van der Waals surface area contributed by atoms with Crippen molar-refractivity contribution < 1.29 is 0 Å². The van der Waals surface area contributed by atoms with Gasteiger partial charge in [-0.25, -0.2) is 0 Å². The van der Waals surface area contributed by atoms with Gasteiger partial charge in [0.15, 0.2) is 0 Å². The van der Waals surface area contributed by atoms with Gasteiger partial charge < -0.3 is 0 Å². The van der Waals surface area contributed by atoms with Gasteiger partial charge in [-0.2, -0.15) is 10.2 Å². The molecule has 1 N–H and O–H groups in total. The largest absolute Gasteiger partial charge is 0.285 e. The quantitative estimate of drug-likeness (QED) is 0.649. The van der Waals surface area contributed by atoms with Crippen molar-refractivity contribution in [3.63, 3.8) is 0 Å². The Labute approximate surface area is 86.5 Å². The van der Waals surface area contributed by atoms with E-state index in [0.717, 1.165) is 22.0 Å². The van der Waals surface area contributed by atoms with E-state index in [4.69, 9.17) is 0 Å². The van der Waals surface area contributed by atoms with Crippen LogP contribution in [0.25, 0.3) is 22.0 Å². The van der Waals surface area contributed by atoms with Crippen LogP contribution in [0.1, 0.15) is 0 Å². The number of benzene rings is 1. The highest BCUT2D eigenvalue weighted by Gasteiger charge is 2.03. The van der Waals surface area contributed by atoms with Gasteiger partial charge in [-0.05, 0) is 11.6 Å². The lowest BCUT2D eigenvalue weighted by Gasteiger charge is -1.98. The van der Waals surface area contributed by atoms with Gasteiger partial charge in [0, 0.05) is 24.2 Å². The van der Waals surface area contributed by atoms with E-state index in [1.165, 1.54) is 0 Å². The summed E-state index contributed by atoms with van der Waals surface area (Å²) in [6.45, 7) is 0. The van der Waals surface area contributed by atoms with Crippen LogP contribution in [-0.2, 0) is 7.05 Å². The summed E-state index contributed by atoms with van der Waals surface area (Å²) < 4.78 is 1.87. The van der Waals surface area contributed by atoms with Gasteiger partial charge in [0.05, 0.1) is 17.9 Å². The number of aromatic amines is 1. The minimum absolute atomic E-state index is 1.10. The lowest BCUT2D eigenvalue weighted by molar-refractivity contribution is 0.797. The molecule has 2 aromatic heterocycles. The molecule has 4 nitrogen and oxygen atoms in total. The van der Waals surface area contributed by atoms with Crippen LogP contribution in [0.4, 0.5) is 0 Å². The summed E-state index contributed by atoms with van der Waals surface area (Å²) in [4.78, 5) is 0. The first-order valence-electron chi connectivity index (χ1n) is 4.75. The maximum absolute atomic E-state index is 4.21. The van der Waals surface area contributed by atoms with Crippen molar-refractivity contribution in [2.45, 2.75) is 0 Å². The van der Waals surface area contributed by atoms with E-state index in [1.807, 2.05) is 30.3 Å². The van der Waals surface area contributed by atoms with Gasteiger partial charge in [0.2, 0.25) is 0 Å². The van der Waals surface area contributed by atoms with Gasteiger partial charge in [-0.15, -0.1) is 0 Å². The second-order valence-electron chi connectivity index (χ2n) is 3.53. The number of H-pyrrole nitrogens is 1. The summed E-state index contributed by atoms with van der Waals surface area (Å²) in [5, 5.41) is 12.1. The first-order chi connectivity index (χ1) is 7.34. The molecule has 0 aliphatic carbocycles. The Bertz CT molecular complexity index is 592. The molecule has 74 valence electrons. The van der Waals surface area contributed by atoms with Crippen molar-refractivity contribution in [2.75, 3.05) is 0 Å². The molecule has 0 radical (unpaired) electrons. The molecule has 0 aliphatic heterocycles. The standard InChI is InChI=1S/C11H10N4/c1-15-11-4-8(10-5-12-13-6-10)2-3-9(11)7-14-15/h2-7H,1H3,(H,12,13). The van der Waals surface area contributed by atoms with Gasteiger partial charge >= 0.3 is 0 Å². The second-order valence-corrected chi connectivity index (χ2v) is 3.53. The van der Waals surface area contributed by atoms with E-state index in [0.29, 0.717) is 0 Å². The molecule has 3 rings (SSSR count). The number of fused-ring (bicyclic) bond motifs is 1. The van der Waals surface area contributed by atoms with Crippen LogP contribution < -0.4 is 0 Å². The number of rotatable bonds is 1. The lowest BCUT2D eigenvalue weighted by atomic mass is 10.1. The maximum Gasteiger partial charge on any atom is 0.0685 e. The number of nitrogens with one attached hydrogen (secondary N) is 1. The Morgan fingerprint density at radius 3 is 2.93 bits per heavy atom. The van der Waals surface area contributed by atoms with Gasteiger partial charge in [0.1, 0.15) is 0 Å². The van der Waals surface area contributed by atoms with Gasteiger partial charge in [-0.1, -0.05) is 12.1 Å². The maximum atomic E-state index is 4.21. The lowest BCUT2D eigenvalue weighted by Crippen LogP contribution is -1.88. The van der Waals surface area contributed by atoms with Crippen LogP contribution in [0, 0.1) is 0 Å². The molecule has 0 saturated carbocycles. The highest BCUT2D eigenvalue weighted by Crippen LogP contribution is 2.22. The summed E-state index contributed by atoms with van der Waals surface area (Å²) in [6, 6.07) is 6.27. The molecule has 0 aliphatic rings. The fraction of sp³-hybridized carbons (Fsp3) is 0.0909. The number of aryl methyl sites for hydroxylation is 1. The molecule has 4 heteroatoms. The van der Waals surface area contributed by atoms with Crippen LogP contribution in [-0.4, -0.2) is 20.0 Å². The Kier molecular flexibility index (Phi) is 1.62. The molecule has 0 spiro atoms. The Morgan fingerprint density at radius 2 is 2.13 bits per heavy atom. The van der Waals surface area contributed by atoms with Crippen LogP contribution in [0.2, 0.25) is 0 Å². The SMILES string of the molecule is Cn1ncc2ccc(-c3cn[nH]c3)cc21. The first kappa shape index (κ1) is 8.23. The molecule has 0 unspecified atom stereocenters. The molecule has 0 atom stereocenters. The van der Waals surface area contributed by atoms with Crippen LogP contribution in [0.3, 0.4) is 0 Å². The van der Waals surface area contributed by atoms with Gasteiger partial charge in [0.25, 0.3) is 0 Å². The van der Waals surface area contributed by atoms with E-state index >= 15 is 0 Å². The zero-order valence-corrected chi connectivity index (χ0v) is 8.31. The molecule has 3 aromatic rings. The fourth-order valence-corrected chi connectivity index (χ4v) is 1.73. The van der Waals surface area contributed by atoms with Crippen molar-refractivity contribution in [3.05, 3.63) is 36.8 Å². The minimum atomic E-state index is 1.10. The van der Waals surface area contributed by atoms with E-state index in [2.05, 4.69) is 33.5 Å². The molecule has 1 aromatic carbocycles. The third-order valence-electron chi connectivity index (χ3n) is 2.58. The highest BCUT2D eigenvalue weighted by atomic mass is 15.2. The predicted octanol–water partition coefficient (Wildman–Crippen LogP) is 1.96. The van der Waals surface area contributed by atoms with Crippen molar-refractivity contribution >= 4 is 10.9 Å². The fourth-order valence-electron chi connectivity index (χ4n) is 1.73. The topological polar surface area (TPSA) is 46.5 Å². The molecule has 0 fully saturated rings. The van der Waals surface area contributed by atoms with Crippen LogP contribution >= 0.6 is 0 Å². The zero-order valence-electron chi connectivity index (χ0n) is 8.31. The van der Waals surface area contributed by atoms with E-state index < -0.39 is 0 Å². The van der Waals surface area contributed by atoms with E-state index in [1.54, 1.807) is 0 Å². The van der Waals surface area contributed by atoms with Crippen molar-refractivity contribution in [3.8, 4) is 11.1 Å². The monoisotopic (exact) mass is 198 g/mol. The summed E-state index contributed by atoms with van der Waals surface area (Å²) in [5.74, 6) is 0. The van der Waals surface area contributed by atoms with E-state index in [-0.39, 0.29) is 0 Å². The average molecular weight is 198 g/mol. The van der Waals surface area contributed by atoms with Crippen molar-refractivity contribution in [2.24, 2.45) is 7.05 Å². The van der Waals surface area contributed by atoms with Crippen LogP contribution in [0.15, 0.2) is 36.8 Å². The minimum Gasteiger partial charge on any atom is -0.285 e. The normalized spacial score (nSPS) is 11.0. The number of nitrogens with zero attached hydrogens (tertiary/aromatic N) is 3. The predicted molar refractivity (Wildman–Crippen MR) is 58.3 cm³/mol. The first-order valence-corrected chi connectivity index (χ1v) is 4.75. The summed E-state index contributed by atoms with van der Waals surface area (Å²) in [7, 11) is 1.95. The summed E-state index contributed by atoms with van der Waals surface area (Å²) in [6.07, 6.45) is 5.57. The molecule has 2 heterocycles. The summed E-state index contributed by atoms with van der Waals surface area (Å²) in [5.41, 5.74) is 3.38. The third kappa shape index (κ3) is 1.22. The Morgan fingerprint density at radius 1 is 1.20 bits per heavy atom. The third-order valence-corrected chi connectivity index (χ3v) is 2.58. The second kappa shape index (κ2) is 2.95. The Hall–Kier alpha value is -2.10. The zero-order chi connectivity index (χ0) is 10.3. The number of hydrogen-bond acceptors (Lipinski definition) is 2. The van der Waals surface area contributed by atoms with Crippen molar-refractivity contribution in [1.29, 1.82) is 0 Å². The Balaban J connectivity index is 2.25. The molecular formula is C11H10N4. The molecule has 0 saturated heterocycles. The highest BCUT2D eigenvalue weighted by molar-refractivity contribution is 5.84.